The maximum absolute atomic E-state index is 14.2. The fourth-order valence-corrected chi connectivity index (χ4v) is 4.11. The van der Waals surface area contributed by atoms with Crippen molar-refractivity contribution in [3.63, 3.8) is 0 Å². The van der Waals surface area contributed by atoms with Crippen molar-refractivity contribution in [1.82, 2.24) is 20.9 Å². The van der Waals surface area contributed by atoms with Crippen LogP contribution in [-0.4, -0.2) is 68.7 Å². The molecular formula is C21H32FN5O2. The zero-order valence-corrected chi connectivity index (χ0v) is 17.3. The number of benzene rings is 1. The molecule has 2 saturated heterocycles. The predicted molar refractivity (Wildman–Crippen MR) is 112 cm³/mol. The summed E-state index contributed by atoms with van der Waals surface area (Å²) < 4.78 is 14.2. The first-order chi connectivity index (χ1) is 13.9. The highest BCUT2D eigenvalue weighted by molar-refractivity contribution is 5.77. The smallest absolute Gasteiger partial charge is 0.315 e. The quantitative estimate of drug-likeness (QED) is 0.696. The second kappa shape index (κ2) is 9.91. The molecule has 7 nitrogen and oxygen atoms in total. The number of halogens is 1. The monoisotopic (exact) mass is 405 g/mol. The number of hydrogen-bond acceptors (Lipinski definition) is 4. The van der Waals surface area contributed by atoms with Crippen molar-refractivity contribution in [3.05, 3.63) is 29.6 Å². The molecule has 1 atom stereocenters. The molecule has 3 amide bonds. The maximum atomic E-state index is 14.2. The summed E-state index contributed by atoms with van der Waals surface area (Å²) in [5, 5.41) is 8.76. The first-order valence-corrected chi connectivity index (χ1v) is 10.5. The summed E-state index contributed by atoms with van der Waals surface area (Å²) in [5.41, 5.74) is 1.64. The lowest BCUT2D eigenvalue weighted by atomic mass is 10.0. The number of piperidine rings is 2. The molecule has 3 rings (SSSR count). The molecule has 2 fully saturated rings. The number of anilines is 1. The highest BCUT2D eigenvalue weighted by atomic mass is 19.1. The summed E-state index contributed by atoms with van der Waals surface area (Å²) in [6.45, 7) is 5.35. The van der Waals surface area contributed by atoms with Crippen LogP contribution in [0.25, 0.3) is 0 Å². The Morgan fingerprint density at radius 1 is 1.10 bits per heavy atom. The van der Waals surface area contributed by atoms with Crippen molar-refractivity contribution in [2.75, 3.05) is 44.7 Å². The van der Waals surface area contributed by atoms with Crippen LogP contribution in [0, 0.1) is 12.7 Å². The molecular weight excluding hydrogens is 373 g/mol. The van der Waals surface area contributed by atoms with E-state index in [9.17, 15) is 14.0 Å². The van der Waals surface area contributed by atoms with Crippen molar-refractivity contribution in [2.24, 2.45) is 0 Å². The highest BCUT2D eigenvalue weighted by Gasteiger charge is 2.26. The van der Waals surface area contributed by atoms with Gasteiger partial charge in [0.15, 0.2) is 0 Å². The third-order valence-corrected chi connectivity index (χ3v) is 5.77. The third-order valence-electron chi connectivity index (χ3n) is 5.77. The summed E-state index contributed by atoms with van der Waals surface area (Å²) in [4.78, 5) is 28.0. The summed E-state index contributed by atoms with van der Waals surface area (Å²) in [5.74, 6) is -0.203. The van der Waals surface area contributed by atoms with Crippen LogP contribution in [0.3, 0.4) is 0 Å². The number of rotatable bonds is 5. The van der Waals surface area contributed by atoms with Gasteiger partial charge in [0.1, 0.15) is 5.82 Å². The van der Waals surface area contributed by atoms with Gasteiger partial charge in [-0.2, -0.15) is 0 Å². The molecule has 0 saturated carbocycles. The predicted octanol–water partition coefficient (Wildman–Crippen LogP) is 1.61. The minimum atomic E-state index is -0.218. The van der Waals surface area contributed by atoms with E-state index in [1.54, 1.807) is 13.1 Å². The van der Waals surface area contributed by atoms with E-state index in [-0.39, 0.29) is 29.8 Å². The van der Waals surface area contributed by atoms with Crippen LogP contribution < -0.4 is 20.9 Å². The van der Waals surface area contributed by atoms with E-state index in [0.29, 0.717) is 18.8 Å². The molecule has 0 spiro atoms. The number of aryl methyl sites for hydroxylation is 1. The molecule has 2 aliphatic heterocycles. The Bertz CT molecular complexity index is 721. The number of nitrogens with zero attached hydrogens (tertiary/aromatic N) is 2. The number of nitrogens with one attached hydrogen (secondary N) is 3. The SMILES string of the molecule is CNC(=O)CN1CCC(NC(=O)NC2CCCN(c3cc(C)ccc3F)C2)CC1. The summed E-state index contributed by atoms with van der Waals surface area (Å²) in [6, 6.07) is 5.09. The highest BCUT2D eigenvalue weighted by Crippen LogP contribution is 2.24. The zero-order valence-electron chi connectivity index (χ0n) is 17.3. The Kier molecular flexibility index (Phi) is 7.30. The number of carbonyl (C=O) groups is 2. The van der Waals surface area contributed by atoms with E-state index >= 15 is 0 Å². The van der Waals surface area contributed by atoms with Gasteiger partial charge in [0.25, 0.3) is 0 Å². The number of hydrogen-bond donors (Lipinski definition) is 3. The second-order valence-corrected chi connectivity index (χ2v) is 8.08. The van der Waals surface area contributed by atoms with Crippen molar-refractivity contribution < 1.29 is 14.0 Å². The molecule has 0 bridgehead atoms. The van der Waals surface area contributed by atoms with Gasteiger partial charge in [-0.3, -0.25) is 9.69 Å². The van der Waals surface area contributed by atoms with Crippen molar-refractivity contribution in [1.29, 1.82) is 0 Å². The number of likely N-dealkylation sites (tertiary alicyclic amines) is 1. The van der Waals surface area contributed by atoms with Crippen LogP contribution in [-0.2, 0) is 4.79 Å². The number of carbonyl (C=O) groups excluding carboxylic acids is 2. The molecule has 0 aromatic heterocycles. The molecule has 1 aromatic carbocycles. The van der Waals surface area contributed by atoms with Crippen molar-refractivity contribution >= 4 is 17.6 Å². The largest absolute Gasteiger partial charge is 0.367 e. The Hall–Kier alpha value is -2.35. The van der Waals surface area contributed by atoms with Gasteiger partial charge < -0.3 is 20.9 Å². The van der Waals surface area contributed by atoms with E-state index in [1.165, 1.54) is 6.07 Å². The first-order valence-electron chi connectivity index (χ1n) is 10.5. The fourth-order valence-electron chi connectivity index (χ4n) is 4.11. The van der Waals surface area contributed by atoms with Gasteiger partial charge in [0.05, 0.1) is 12.2 Å². The van der Waals surface area contributed by atoms with E-state index in [4.69, 9.17) is 0 Å². The Morgan fingerprint density at radius 2 is 1.83 bits per heavy atom. The number of urea groups is 1. The minimum absolute atomic E-state index is 0.00278. The van der Waals surface area contributed by atoms with Crippen LogP contribution in [0.5, 0.6) is 0 Å². The first kappa shape index (κ1) is 21.4. The molecule has 8 heteroatoms. The van der Waals surface area contributed by atoms with Crippen LogP contribution >= 0.6 is 0 Å². The van der Waals surface area contributed by atoms with Crippen LogP contribution in [0.15, 0.2) is 18.2 Å². The Labute approximate surface area is 172 Å². The van der Waals surface area contributed by atoms with Gasteiger partial charge in [-0.25, -0.2) is 9.18 Å². The normalized spacial score (nSPS) is 20.9. The van der Waals surface area contributed by atoms with E-state index in [1.807, 2.05) is 17.9 Å². The molecule has 1 unspecified atom stereocenters. The van der Waals surface area contributed by atoms with Gasteiger partial charge >= 0.3 is 6.03 Å². The average Bonchev–Trinajstić information content (AvgIpc) is 2.71. The summed E-state index contributed by atoms with van der Waals surface area (Å²) in [6.07, 6.45) is 3.46. The number of amides is 3. The summed E-state index contributed by atoms with van der Waals surface area (Å²) >= 11 is 0. The zero-order chi connectivity index (χ0) is 20.8. The maximum Gasteiger partial charge on any atom is 0.315 e. The fraction of sp³-hybridized carbons (Fsp3) is 0.619. The van der Waals surface area contributed by atoms with Crippen LogP contribution in [0.2, 0.25) is 0 Å². The van der Waals surface area contributed by atoms with Crippen molar-refractivity contribution in [2.45, 2.75) is 44.7 Å². The lowest BCUT2D eigenvalue weighted by Crippen LogP contribution is -2.54. The van der Waals surface area contributed by atoms with E-state index in [0.717, 1.165) is 50.9 Å². The third kappa shape index (κ3) is 6.06. The molecule has 160 valence electrons. The van der Waals surface area contributed by atoms with E-state index < -0.39 is 0 Å². The Morgan fingerprint density at radius 3 is 2.55 bits per heavy atom. The molecule has 2 aliphatic rings. The molecule has 0 radical (unpaired) electrons. The van der Waals surface area contributed by atoms with Crippen LogP contribution in [0.4, 0.5) is 14.9 Å². The number of likely N-dealkylation sites (N-methyl/N-ethyl adjacent to an activating group) is 1. The molecule has 29 heavy (non-hydrogen) atoms. The van der Waals surface area contributed by atoms with Gasteiger partial charge in [-0.15, -0.1) is 0 Å². The second-order valence-electron chi connectivity index (χ2n) is 8.08. The topological polar surface area (TPSA) is 76.7 Å². The average molecular weight is 406 g/mol. The van der Waals surface area contributed by atoms with Gasteiger partial charge in [-0.05, 0) is 50.3 Å². The Balaban J connectivity index is 1.45. The molecule has 3 N–H and O–H groups in total. The lowest BCUT2D eigenvalue weighted by molar-refractivity contribution is -0.122. The van der Waals surface area contributed by atoms with Gasteiger partial charge in [0.2, 0.25) is 5.91 Å². The van der Waals surface area contributed by atoms with Crippen molar-refractivity contribution in [3.8, 4) is 0 Å². The lowest BCUT2D eigenvalue weighted by Gasteiger charge is -2.36. The van der Waals surface area contributed by atoms with Crippen LogP contribution in [0.1, 0.15) is 31.2 Å². The van der Waals surface area contributed by atoms with Gasteiger partial charge in [0, 0.05) is 45.3 Å². The van der Waals surface area contributed by atoms with Gasteiger partial charge in [-0.1, -0.05) is 6.07 Å². The standard InChI is InChI=1S/C21H32FN5O2/c1-15-5-6-18(22)19(12-15)27-9-3-4-17(13-27)25-21(29)24-16-7-10-26(11-8-16)14-20(28)23-2/h5-6,12,16-17H,3-4,7-11,13-14H2,1-2H3,(H,23,28)(H2,24,25,29). The molecule has 1 aromatic rings. The summed E-state index contributed by atoms with van der Waals surface area (Å²) in [7, 11) is 1.64. The minimum Gasteiger partial charge on any atom is -0.367 e. The van der Waals surface area contributed by atoms with E-state index in [2.05, 4.69) is 20.9 Å². The molecule has 2 heterocycles. The molecule has 0 aliphatic carbocycles.